The van der Waals surface area contributed by atoms with Gasteiger partial charge in [0.05, 0.1) is 11.0 Å². The molecule has 2 aromatic carbocycles. The summed E-state index contributed by atoms with van der Waals surface area (Å²) in [5.74, 6) is 0.671. The number of imidazole rings is 1. The molecule has 2 heterocycles. The zero-order valence-electron chi connectivity index (χ0n) is 17.7. The molecular formula is C23H28N6OS. The molecular weight excluding hydrogens is 408 g/mol. The Bertz CT molecular complexity index is 1020. The Labute approximate surface area is 186 Å². The maximum absolute atomic E-state index is 12.2. The van der Waals surface area contributed by atoms with Crippen LogP contribution in [0.3, 0.4) is 0 Å². The number of H-pyrrole nitrogens is 1. The molecule has 0 saturated carbocycles. The third kappa shape index (κ3) is 6.10. The summed E-state index contributed by atoms with van der Waals surface area (Å²) < 4.78 is 0. The first-order valence-electron chi connectivity index (χ1n) is 10.4. The number of fused-ring (bicyclic) bond motifs is 1. The summed E-state index contributed by atoms with van der Waals surface area (Å²) in [6.45, 7) is 5.48. The first-order valence-corrected chi connectivity index (χ1v) is 11.4. The van der Waals surface area contributed by atoms with E-state index in [1.54, 1.807) is 11.8 Å². The molecule has 162 valence electrons. The number of carbonyl (C=O) groups is 1. The molecule has 0 aliphatic carbocycles. The smallest absolute Gasteiger partial charge is 0.252 e. The van der Waals surface area contributed by atoms with E-state index in [0.29, 0.717) is 17.4 Å². The van der Waals surface area contributed by atoms with Crippen molar-refractivity contribution >= 4 is 34.7 Å². The van der Waals surface area contributed by atoms with E-state index < -0.39 is 0 Å². The van der Waals surface area contributed by atoms with E-state index in [4.69, 9.17) is 5.73 Å². The Morgan fingerprint density at radius 3 is 2.65 bits per heavy atom. The topological polar surface area (TPSA) is 90.3 Å². The summed E-state index contributed by atoms with van der Waals surface area (Å²) in [5, 5.41) is 2.73. The second kappa shape index (κ2) is 10.00. The quantitative estimate of drug-likeness (QED) is 0.390. The summed E-state index contributed by atoms with van der Waals surface area (Å²) in [6, 6.07) is 16.2. The Balaban J connectivity index is 1.25. The lowest BCUT2D eigenvalue weighted by molar-refractivity contribution is -0.112. The number of aromatic nitrogens is 2. The summed E-state index contributed by atoms with van der Waals surface area (Å²) in [5.41, 5.74) is 9.57. The maximum Gasteiger partial charge on any atom is 0.252 e. The molecule has 31 heavy (non-hydrogen) atoms. The molecule has 7 nitrogen and oxygen atoms in total. The maximum atomic E-state index is 12.2. The second-order valence-corrected chi connectivity index (χ2v) is 8.87. The Hall–Kier alpha value is -2.81. The van der Waals surface area contributed by atoms with Gasteiger partial charge >= 0.3 is 0 Å². The molecule has 1 saturated heterocycles. The van der Waals surface area contributed by atoms with Crippen molar-refractivity contribution in [3.8, 4) is 0 Å². The van der Waals surface area contributed by atoms with Gasteiger partial charge in [-0.3, -0.25) is 15.0 Å². The molecule has 1 aliphatic rings. The molecule has 0 spiro atoms. The molecule has 0 unspecified atom stereocenters. The van der Waals surface area contributed by atoms with E-state index in [-0.39, 0.29) is 5.91 Å². The van der Waals surface area contributed by atoms with Crippen molar-refractivity contribution in [2.45, 2.75) is 11.4 Å². The first-order chi connectivity index (χ1) is 15.0. The van der Waals surface area contributed by atoms with Crippen LogP contribution in [-0.4, -0.2) is 64.7 Å². The van der Waals surface area contributed by atoms with Crippen LogP contribution in [0.1, 0.15) is 5.56 Å². The van der Waals surface area contributed by atoms with E-state index in [2.05, 4.69) is 56.4 Å². The highest BCUT2D eigenvalue weighted by Crippen LogP contribution is 2.21. The Kier molecular flexibility index (Phi) is 6.91. The van der Waals surface area contributed by atoms with Gasteiger partial charge < -0.3 is 15.6 Å². The number of hydrogen-bond acceptors (Lipinski definition) is 6. The van der Waals surface area contributed by atoms with Crippen LogP contribution in [0, 0.1) is 0 Å². The van der Waals surface area contributed by atoms with Crippen LogP contribution in [0.4, 0.5) is 5.95 Å². The average molecular weight is 437 g/mol. The van der Waals surface area contributed by atoms with E-state index >= 15 is 0 Å². The highest BCUT2D eigenvalue weighted by molar-refractivity contribution is 7.99. The third-order valence-electron chi connectivity index (χ3n) is 5.28. The van der Waals surface area contributed by atoms with E-state index in [0.717, 1.165) is 48.7 Å². The van der Waals surface area contributed by atoms with Gasteiger partial charge in [0.25, 0.3) is 5.91 Å². The third-order valence-corrected chi connectivity index (χ3v) is 6.36. The number of nitrogens with one attached hydrogen (secondary N) is 2. The normalized spacial score (nSPS) is 16.0. The number of thioether (sulfide) groups is 1. The highest BCUT2D eigenvalue weighted by Gasteiger charge is 2.13. The molecule has 8 heteroatoms. The number of rotatable bonds is 7. The number of hydrogen-bond donors (Lipinski definition) is 3. The zero-order valence-corrected chi connectivity index (χ0v) is 18.5. The van der Waals surface area contributed by atoms with E-state index in [1.807, 2.05) is 24.3 Å². The number of benzene rings is 2. The number of likely N-dealkylation sites (N-methyl/N-ethyl adjacent to an activating group) is 1. The van der Waals surface area contributed by atoms with Crippen LogP contribution in [0.25, 0.3) is 11.0 Å². The minimum absolute atomic E-state index is 0.292. The van der Waals surface area contributed by atoms with E-state index in [9.17, 15) is 4.79 Å². The summed E-state index contributed by atoms with van der Waals surface area (Å²) in [6.07, 6.45) is 1.42. The minimum Gasteiger partial charge on any atom is -0.401 e. The predicted octanol–water partition coefficient (Wildman–Crippen LogP) is 2.88. The molecule has 1 amide bonds. The van der Waals surface area contributed by atoms with Crippen LogP contribution in [0.2, 0.25) is 0 Å². The van der Waals surface area contributed by atoms with Crippen LogP contribution in [-0.2, 0) is 11.3 Å². The van der Waals surface area contributed by atoms with Gasteiger partial charge in [-0.15, -0.1) is 11.8 Å². The number of aromatic amines is 1. The standard InChI is InChI=1S/C23H28N6OS/c1-28-10-12-29(13-11-28)15-17-6-8-19(9-7-17)31-16-18(24)14-22(30)27-23-25-20-4-2-3-5-21(20)26-23/h2-9,14H,10-13,15-16,24H2,1H3,(H2,25,26,27,30)/b18-14-. The molecule has 0 atom stereocenters. The fraction of sp³-hybridized carbons (Fsp3) is 0.304. The Morgan fingerprint density at radius 2 is 1.90 bits per heavy atom. The number of piperazine rings is 1. The SMILES string of the molecule is CN1CCN(Cc2ccc(SC/C(N)=C/C(=O)Nc3nc4ccccc4[nH]3)cc2)CC1. The van der Waals surface area contributed by atoms with Gasteiger partial charge in [0.2, 0.25) is 5.95 Å². The number of anilines is 1. The lowest BCUT2D eigenvalue weighted by Gasteiger charge is -2.32. The van der Waals surface area contributed by atoms with Crippen molar-refractivity contribution in [1.82, 2.24) is 19.8 Å². The van der Waals surface area contributed by atoms with Gasteiger partial charge in [-0.2, -0.15) is 0 Å². The van der Waals surface area contributed by atoms with Crippen LogP contribution >= 0.6 is 11.8 Å². The molecule has 1 aliphatic heterocycles. The monoisotopic (exact) mass is 436 g/mol. The summed E-state index contributed by atoms with van der Waals surface area (Å²) >= 11 is 1.62. The molecule has 0 radical (unpaired) electrons. The Morgan fingerprint density at radius 1 is 1.16 bits per heavy atom. The molecule has 1 fully saturated rings. The molecule has 1 aromatic heterocycles. The van der Waals surface area contributed by atoms with Crippen LogP contribution < -0.4 is 11.1 Å². The first kappa shape index (κ1) is 21.4. The average Bonchev–Trinajstić information content (AvgIpc) is 3.17. The fourth-order valence-electron chi connectivity index (χ4n) is 3.50. The van der Waals surface area contributed by atoms with Gasteiger partial charge in [0.1, 0.15) is 0 Å². The molecule has 3 aromatic rings. The van der Waals surface area contributed by atoms with Gasteiger partial charge in [-0.1, -0.05) is 24.3 Å². The van der Waals surface area contributed by atoms with Crippen molar-refractivity contribution < 1.29 is 4.79 Å². The number of para-hydroxylation sites is 2. The second-order valence-electron chi connectivity index (χ2n) is 7.82. The highest BCUT2D eigenvalue weighted by atomic mass is 32.2. The zero-order chi connectivity index (χ0) is 21.6. The fourth-order valence-corrected chi connectivity index (χ4v) is 4.24. The number of nitrogens with zero attached hydrogens (tertiary/aromatic N) is 3. The summed E-state index contributed by atoms with van der Waals surface area (Å²) in [4.78, 5) is 25.6. The lowest BCUT2D eigenvalue weighted by atomic mass is 10.2. The van der Waals surface area contributed by atoms with Crippen molar-refractivity contribution in [2.24, 2.45) is 5.73 Å². The van der Waals surface area contributed by atoms with Crippen molar-refractivity contribution in [3.63, 3.8) is 0 Å². The van der Waals surface area contributed by atoms with Crippen molar-refractivity contribution in [1.29, 1.82) is 0 Å². The largest absolute Gasteiger partial charge is 0.401 e. The van der Waals surface area contributed by atoms with Crippen LogP contribution in [0.15, 0.2) is 65.2 Å². The predicted molar refractivity (Wildman–Crippen MR) is 127 cm³/mol. The molecule has 4 N–H and O–H groups in total. The van der Waals surface area contributed by atoms with Gasteiger partial charge in [0.15, 0.2) is 0 Å². The lowest BCUT2D eigenvalue weighted by Crippen LogP contribution is -2.43. The van der Waals surface area contributed by atoms with Crippen molar-refractivity contribution in [3.05, 3.63) is 65.9 Å². The van der Waals surface area contributed by atoms with E-state index in [1.165, 1.54) is 11.6 Å². The number of amides is 1. The number of carbonyl (C=O) groups excluding carboxylic acids is 1. The van der Waals surface area contributed by atoms with Gasteiger partial charge in [-0.05, 0) is 36.9 Å². The van der Waals surface area contributed by atoms with Gasteiger partial charge in [-0.25, -0.2) is 4.98 Å². The molecule has 4 rings (SSSR count). The van der Waals surface area contributed by atoms with Crippen LogP contribution in [0.5, 0.6) is 0 Å². The molecule has 0 bridgehead atoms. The number of nitrogens with two attached hydrogens (primary N) is 1. The van der Waals surface area contributed by atoms with Gasteiger partial charge in [0, 0.05) is 55.1 Å². The minimum atomic E-state index is -0.292. The van der Waals surface area contributed by atoms with Crippen molar-refractivity contribution in [2.75, 3.05) is 44.3 Å². The summed E-state index contributed by atoms with van der Waals surface area (Å²) in [7, 11) is 2.17.